The Labute approximate surface area is 83.8 Å². The summed E-state index contributed by atoms with van der Waals surface area (Å²) >= 11 is 0. The summed E-state index contributed by atoms with van der Waals surface area (Å²) in [4.78, 5) is 0. The van der Waals surface area contributed by atoms with Crippen LogP contribution in [0.5, 0.6) is 0 Å². The molecule has 14 heavy (non-hydrogen) atoms. The predicted molar refractivity (Wildman–Crippen MR) is 51.8 cm³/mol. The van der Waals surface area contributed by atoms with E-state index in [9.17, 15) is 5.11 Å². The second kappa shape index (κ2) is 2.70. The monoisotopic (exact) mass is 198 g/mol. The molecule has 0 saturated carbocycles. The SMILES string of the molecule is NCC1(C2(O)CNC2)CC2CCC1O2. The molecular formula is C10H18N2O2. The number of nitrogens with one attached hydrogen (secondary N) is 1. The summed E-state index contributed by atoms with van der Waals surface area (Å²) in [5.74, 6) is 0. The molecule has 2 bridgehead atoms. The van der Waals surface area contributed by atoms with Crippen LogP contribution >= 0.6 is 0 Å². The highest BCUT2D eigenvalue weighted by atomic mass is 16.5. The lowest BCUT2D eigenvalue weighted by Crippen LogP contribution is -2.72. The molecule has 0 spiro atoms. The lowest BCUT2D eigenvalue weighted by Gasteiger charge is -2.53. The van der Waals surface area contributed by atoms with E-state index in [2.05, 4.69) is 5.32 Å². The van der Waals surface area contributed by atoms with Gasteiger partial charge in [0, 0.05) is 25.0 Å². The molecule has 3 aliphatic rings. The van der Waals surface area contributed by atoms with Crippen molar-refractivity contribution >= 4 is 0 Å². The van der Waals surface area contributed by atoms with Crippen LogP contribution in [0.1, 0.15) is 19.3 Å². The van der Waals surface area contributed by atoms with Gasteiger partial charge in [-0.05, 0) is 19.3 Å². The highest BCUT2D eigenvalue weighted by Gasteiger charge is 2.63. The van der Waals surface area contributed by atoms with Gasteiger partial charge in [-0.15, -0.1) is 0 Å². The summed E-state index contributed by atoms with van der Waals surface area (Å²) in [5, 5.41) is 13.6. The number of rotatable bonds is 2. The van der Waals surface area contributed by atoms with Gasteiger partial charge in [-0.1, -0.05) is 0 Å². The van der Waals surface area contributed by atoms with Crippen molar-refractivity contribution in [3.05, 3.63) is 0 Å². The molecule has 0 radical (unpaired) electrons. The minimum atomic E-state index is -0.610. The molecule has 0 aromatic carbocycles. The van der Waals surface area contributed by atoms with Crippen LogP contribution in [-0.4, -0.2) is 42.5 Å². The molecule has 4 N–H and O–H groups in total. The Morgan fingerprint density at radius 2 is 2.21 bits per heavy atom. The predicted octanol–water partition coefficient (Wildman–Crippen LogP) is -0.783. The lowest BCUT2D eigenvalue weighted by molar-refractivity contribution is -0.140. The average molecular weight is 198 g/mol. The average Bonchev–Trinajstić information content (AvgIpc) is 2.73. The van der Waals surface area contributed by atoms with Gasteiger partial charge in [0.05, 0.1) is 17.8 Å². The molecule has 4 heteroatoms. The van der Waals surface area contributed by atoms with Crippen molar-refractivity contribution < 1.29 is 9.84 Å². The van der Waals surface area contributed by atoms with Crippen molar-refractivity contribution in [3.63, 3.8) is 0 Å². The number of fused-ring (bicyclic) bond motifs is 2. The molecule has 3 fully saturated rings. The zero-order valence-electron chi connectivity index (χ0n) is 8.33. The molecule has 80 valence electrons. The molecule has 0 amide bonds. The van der Waals surface area contributed by atoms with E-state index < -0.39 is 5.60 Å². The number of nitrogens with two attached hydrogens (primary N) is 1. The molecule has 3 saturated heterocycles. The summed E-state index contributed by atoms with van der Waals surface area (Å²) in [6.07, 6.45) is 3.73. The molecule has 3 rings (SSSR count). The second-order valence-electron chi connectivity index (χ2n) is 5.02. The van der Waals surface area contributed by atoms with Crippen LogP contribution in [0.3, 0.4) is 0 Å². The maximum Gasteiger partial charge on any atom is 0.0988 e. The minimum Gasteiger partial charge on any atom is -0.386 e. The number of hydrogen-bond donors (Lipinski definition) is 3. The van der Waals surface area contributed by atoms with Crippen molar-refractivity contribution in [2.75, 3.05) is 19.6 Å². The third-order valence-electron chi connectivity index (χ3n) is 4.44. The fourth-order valence-electron chi connectivity index (χ4n) is 3.41. The van der Waals surface area contributed by atoms with E-state index in [-0.39, 0.29) is 11.5 Å². The molecule has 3 atom stereocenters. The summed E-state index contributed by atoms with van der Waals surface area (Å²) < 4.78 is 5.83. The summed E-state index contributed by atoms with van der Waals surface area (Å²) in [6.45, 7) is 1.90. The number of hydrogen-bond acceptors (Lipinski definition) is 4. The Morgan fingerprint density at radius 1 is 1.43 bits per heavy atom. The fourth-order valence-corrected chi connectivity index (χ4v) is 3.41. The van der Waals surface area contributed by atoms with Crippen LogP contribution in [0.25, 0.3) is 0 Å². The Bertz CT molecular complexity index is 255. The topological polar surface area (TPSA) is 67.5 Å². The Kier molecular flexibility index (Phi) is 1.75. The van der Waals surface area contributed by atoms with Gasteiger partial charge in [0.1, 0.15) is 0 Å². The van der Waals surface area contributed by atoms with Gasteiger partial charge in [-0.25, -0.2) is 0 Å². The van der Waals surface area contributed by atoms with Crippen molar-refractivity contribution in [1.29, 1.82) is 0 Å². The van der Waals surface area contributed by atoms with E-state index in [1.54, 1.807) is 0 Å². The van der Waals surface area contributed by atoms with Crippen LogP contribution in [0.2, 0.25) is 0 Å². The van der Waals surface area contributed by atoms with Crippen molar-refractivity contribution in [2.24, 2.45) is 11.1 Å². The smallest absolute Gasteiger partial charge is 0.0988 e. The van der Waals surface area contributed by atoms with Crippen LogP contribution in [-0.2, 0) is 4.74 Å². The van der Waals surface area contributed by atoms with Gasteiger partial charge in [0.15, 0.2) is 0 Å². The largest absolute Gasteiger partial charge is 0.386 e. The standard InChI is InChI=1S/C10H18N2O2/c11-4-9(10(13)5-12-6-10)3-7-1-2-8(9)14-7/h7-8,12-13H,1-6,11H2. The van der Waals surface area contributed by atoms with Gasteiger partial charge >= 0.3 is 0 Å². The van der Waals surface area contributed by atoms with Gasteiger partial charge < -0.3 is 20.9 Å². The molecule has 0 aromatic heterocycles. The molecule has 4 nitrogen and oxygen atoms in total. The van der Waals surface area contributed by atoms with Crippen LogP contribution < -0.4 is 11.1 Å². The first-order chi connectivity index (χ1) is 6.70. The molecule has 3 unspecified atom stereocenters. The zero-order chi connectivity index (χ0) is 9.81. The third-order valence-corrected chi connectivity index (χ3v) is 4.44. The van der Waals surface area contributed by atoms with Gasteiger partial charge in [-0.2, -0.15) is 0 Å². The highest BCUT2D eigenvalue weighted by Crippen LogP contribution is 2.53. The normalized spacial score (nSPS) is 49.3. The van der Waals surface area contributed by atoms with Crippen LogP contribution in [0, 0.1) is 5.41 Å². The number of ether oxygens (including phenoxy) is 1. The molecule has 3 aliphatic heterocycles. The van der Waals surface area contributed by atoms with Crippen molar-refractivity contribution in [1.82, 2.24) is 5.32 Å². The van der Waals surface area contributed by atoms with Gasteiger partial charge in [-0.3, -0.25) is 0 Å². The Morgan fingerprint density at radius 3 is 2.57 bits per heavy atom. The lowest BCUT2D eigenvalue weighted by atomic mass is 9.60. The number of β-amino-alcohol motifs (C(OH)–C–C–N with tert-alkyl or cyclic N) is 1. The summed E-state index contributed by atoms with van der Waals surface area (Å²) in [5.41, 5.74) is 5.11. The first-order valence-corrected chi connectivity index (χ1v) is 5.49. The molecule has 0 aliphatic carbocycles. The second-order valence-corrected chi connectivity index (χ2v) is 5.02. The van der Waals surface area contributed by atoms with Gasteiger partial charge in [0.2, 0.25) is 0 Å². The van der Waals surface area contributed by atoms with E-state index in [0.29, 0.717) is 25.7 Å². The maximum atomic E-state index is 10.5. The van der Waals surface area contributed by atoms with Gasteiger partial charge in [0.25, 0.3) is 0 Å². The third kappa shape index (κ3) is 0.877. The number of aliphatic hydroxyl groups is 1. The van der Waals surface area contributed by atoms with E-state index in [4.69, 9.17) is 10.5 Å². The van der Waals surface area contributed by atoms with E-state index >= 15 is 0 Å². The minimum absolute atomic E-state index is 0.166. The van der Waals surface area contributed by atoms with Crippen LogP contribution in [0.15, 0.2) is 0 Å². The Hall–Kier alpha value is -0.160. The van der Waals surface area contributed by atoms with E-state index in [1.807, 2.05) is 0 Å². The quantitative estimate of drug-likeness (QED) is 0.544. The van der Waals surface area contributed by atoms with Crippen molar-refractivity contribution in [2.45, 2.75) is 37.1 Å². The maximum absolute atomic E-state index is 10.5. The summed E-state index contributed by atoms with van der Waals surface area (Å²) in [7, 11) is 0. The fraction of sp³-hybridized carbons (Fsp3) is 1.00. The van der Waals surface area contributed by atoms with E-state index in [1.165, 1.54) is 0 Å². The van der Waals surface area contributed by atoms with Crippen LogP contribution in [0.4, 0.5) is 0 Å². The summed E-state index contributed by atoms with van der Waals surface area (Å²) in [6, 6.07) is 0. The van der Waals surface area contributed by atoms with Crippen molar-refractivity contribution in [3.8, 4) is 0 Å². The van der Waals surface area contributed by atoms with E-state index in [0.717, 1.165) is 19.3 Å². The molecule has 0 aromatic rings. The highest BCUT2D eigenvalue weighted by molar-refractivity contribution is 5.16. The molecular weight excluding hydrogens is 180 g/mol. The first kappa shape index (κ1) is 9.09. The molecule has 3 heterocycles. The zero-order valence-corrected chi connectivity index (χ0v) is 8.33. The Balaban J connectivity index is 1.91. The first-order valence-electron chi connectivity index (χ1n) is 5.49.